The van der Waals surface area contributed by atoms with Crippen molar-refractivity contribution in [2.45, 2.75) is 39.2 Å². The summed E-state index contributed by atoms with van der Waals surface area (Å²) in [5.41, 5.74) is 1.27. The SMILES string of the molecule is CCOC(=O)C1CCN(C2CC(=O)N(c3cccc(Cl)c3C)C2=O)CC1. The largest absolute Gasteiger partial charge is 0.466 e. The molecule has 0 N–H and O–H groups in total. The number of anilines is 1. The van der Waals surface area contributed by atoms with Crippen molar-refractivity contribution in [3.8, 4) is 0 Å². The van der Waals surface area contributed by atoms with Crippen molar-refractivity contribution in [2.24, 2.45) is 5.92 Å². The summed E-state index contributed by atoms with van der Waals surface area (Å²) in [7, 11) is 0. The van der Waals surface area contributed by atoms with E-state index in [1.807, 2.05) is 4.90 Å². The van der Waals surface area contributed by atoms with E-state index >= 15 is 0 Å². The lowest BCUT2D eigenvalue weighted by Gasteiger charge is -2.33. The number of halogens is 1. The number of nitrogens with zero attached hydrogens (tertiary/aromatic N) is 2. The van der Waals surface area contributed by atoms with E-state index in [4.69, 9.17) is 16.3 Å². The lowest BCUT2D eigenvalue weighted by atomic mass is 9.95. The maximum atomic E-state index is 12.9. The Kier molecular flexibility index (Phi) is 5.63. The van der Waals surface area contributed by atoms with Crippen LogP contribution in [-0.4, -0.2) is 48.4 Å². The van der Waals surface area contributed by atoms with Gasteiger partial charge in [-0.3, -0.25) is 19.3 Å². The molecule has 2 amide bonds. The highest BCUT2D eigenvalue weighted by Crippen LogP contribution is 2.33. The molecule has 140 valence electrons. The topological polar surface area (TPSA) is 66.9 Å². The number of ether oxygens (including phenoxy) is 1. The first-order chi connectivity index (χ1) is 12.4. The number of esters is 1. The maximum absolute atomic E-state index is 12.9. The lowest BCUT2D eigenvalue weighted by Crippen LogP contribution is -2.47. The van der Waals surface area contributed by atoms with Gasteiger partial charge >= 0.3 is 5.97 Å². The van der Waals surface area contributed by atoms with Crippen LogP contribution >= 0.6 is 11.6 Å². The summed E-state index contributed by atoms with van der Waals surface area (Å²) in [6.07, 6.45) is 1.45. The summed E-state index contributed by atoms with van der Waals surface area (Å²) in [5, 5.41) is 0.529. The number of amides is 2. The van der Waals surface area contributed by atoms with Crippen molar-refractivity contribution < 1.29 is 19.1 Å². The van der Waals surface area contributed by atoms with Gasteiger partial charge in [0.15, 0.2) is 0 Å². The van der Waals surface area contributed by atoms with Crippen molar-refractivity contribution in [3.05, 3.63) is 28.8 Å². The van der Waals surface area contributed by atoms with Crippen LogP contribution in [0, 0.1) is 12.8 Å². The van der Waals surface area contributed by atoms with Crippen molar-refractivity contribution in [2.75, 3.05) is 24.6 Å². The lowest BCUT2D eigenvalue weighted by molar-refractivity contribution is -0.149. The molecule has 1 unspecified atom stereocenters. The summed E-state index contributed by atoms with van der Waals surface area (Å²) < 4.78 is 5.08. The highest BCUT2D eigenvalue weighted by atomic mass is 35.5. The molecule has 6 nitrogen and oxygen atoms in total. The Hall–Kier alpha value is -1.92. The van der Waals surface area contributed by atoms with Crippen LogP contribution in [0.3, 0.4) is 0 Å². The predicted octanol–water partition coefficient (Wildman–Crippen LogP) is 2.56. The van der Waals surface area contributed by atoms with E-state index in [-0.39, 0.29) is 30.1 Å². The molecule has 3 rings (SSSR count). The number of hydrogen-bond acceptors (Lipinski definition) is 5. The third-order valence-electron chi connectivity index (χ3n) is 5.19. The molecule has 0 bridgehead atoms. The molecule has 0 aliphatic carbocycles. The monoisotopic (exact) mass is 378 g/mol. The van der Waals surface area contributed by atoms with Crippen LogP contribution in [0.5, 0.6) is 0 Å². The van der Waals surface area contributed by atoms with Crippen LogP contribution in [-0.2, 0) is 19.1 Å². The van der Waals surface area contributed by atoms with Crippen LogP contribution in [0.2, 0.25) is 5.02 Å². The average molecular weight is 379 g/mol. The van der Waals surface area contributed by atoms with Crippen LogP contribution in [0.15, 0.2) is 18.2 Å². The Balaban J connectivity index is 1.70. The van der Waals surface area contributed by atoms with E-state index < -0.39 is 6.04 Å². The number of piperidine rings is 1. The first kappa shape index (κ1) is 18.9. The summed E-state index contributed by atoms with van der Waals surface area (Å²) in [6.45, 7) is 5.19. The molecular weight excluding hydrogens is 356 g/mol. The van der Waals surface area contributed by atoms with Crippen molar-refractivity contribution in [3.63, 3.8) is 0 Å². The summed E-state index contributed by atoms with van der Waals surface area (Å²) in [4.78, 5) is 40.6. The first-order valence-electron chi connectivity index (χ1n) is 8.96. The van der Waals surface area contributed by atoms with E-state index in [9.17, 15) is 14.4 Å². The fraction of sp³-hybridized carbons (Fsp3) is 0.526. The molecule has 7 heteroatoms. The Morgan fingerprint density at radius 1 is 1.27 bits per heavy atom. The van der Waals surface area contributed by atoms with Crippen LogP contribution in [0.4, 0.5) is 5.69 Å². The number of carbonyl (C=O) groups is 3. The van der Waals surface area contributed by atoms with Crippen molar-refractivity contribution in [1.82, 2.24) is 4.90 Å². The molecule has 2 saturated heterocycles. The molecule has 0 radical (unpaired) electrons. The highest BCUT2D eigenvalue weighted by molar-refractivity contribution is 6.32. The van der Waals surface area contributed by atoms with Gasteiger partial charge in [0.05, 0.1) is 30.7 Å². The molecule has 1 atom stereocenters. The number of benzene rings is 1. The molecule has 26 heavy (non-hydrogen) atoms. The number of rotatable bonds is 4. The molecule has 0 saturated carbocycles. The minimum Gasteiger partial charge on any atom is -0.466 e. The van der Waals surface area contributed by atoms with Crippen molar-refractivity contribution in [1.29, 1.82) is 0 Å². The molecular formula is C19H23ClN2O4. The molecule has 1 aromatic carbocycles. The quantitative estimate of drug-likeness (QED) is 0.595. The molecule has 2 aliphatic rings. The number of likely N-dealkylation sites (tertiary alicyclic amines) is 1. The highest BCUT2D eigenvalue weighted by Gasteiger charge is 2.44. The van der Waals surface area contributed by atoms with Gasteiger partial charge in [-0.2, -0.15) is 0 Å². The van der Waals surface area contributed by atoms with Gasteiger partial charge in [-0.15, -0.1) is 0 Å². The number of hydrogen-bond donors (Lipinski definition) is 0. The molecule has 1 aromatic rings. The van der Waals surface area contributed by atoms with E-state index in [1.165, 1.54) is 4.90 Å². The third kappa shape index (κ3) is 3.48. The fourth-order valence-electron chi connectivity index (χ4n) is 3.70. The Labute approximate surface area is 158 Å². The van der Waals surface area contributed by atoms with E-state index in [1.54, 1.807) is 32.0 Å². The van der Waals surface area contributed by atoms with Gasteiger partial charge in [0.25, 0.3) is 5.91 Å². The first-order valence-corrected chi connectivity index (χ1v) is 9.34. The number of imide groups is 1. The average Bonchev–Trinajstić information content (AvgIpc) is 2.92. The van der Waals surface area contributed by atoms with Gasteiger partial charge in [0, 0.05) is 5.02 Å². The number of carbonyl (C=O) groups excluding carboxylic acids is 3. The predicted molar refractivity (Wildman–Crippen MR) is 98.0 cm³/mol. The van der Waals surface area contributed by atoms with Crippen LogP contribution in [0.1, 0.15) is 31.7 Å². The van der Waals surface area contributed by atoms with E-state index in [0.29, 0.717) is 43.2 Å². The Morgan fingerprint density at radius 3 is 2.62 bits per heavy atom. The smallest absolute Gasteiger partial charge is 0.309 e. The second kappa shape index (κ2) is 7.76. The zero-order chi connectivity index (χ0) is 18.8. The Bertz CT molecular complexity index is 728. The third-order valence-corrected chi connectivity index (χ3v) is 5.60. The zero-order valence-electron chi connectivity index (χ0n) is 15.0. The van der Waals surface area contributed by atoms with Gasteiger partial charge in [0.2, 0.25) is 5.91 Å². The fourth-order valence-corrected chi connectivity index (χ4v) is 3.87. The zero-order valence-corrected chi connectivity index (χ0v) is 15.8. The van der Waals surface area contributed by atoms with Crippen LogP contribution in [0.25, 0.3) is 0 Å². The molecule has 0 spiro atoms. The summed E-state index contributed by atoms with van der Waals surface area (Å²) >= 11 is 6.14. The molecule has 0 aromatic heterocycles. The standard InChI is InChI=1S/C19H23ClN2O4/c1-3-26-19(25)13-7-9-21(10-8-13)16-11-17(23)22(18(16)24)15-6-4-5-14(20)12(15)2/h4-6,13,16H,3,7-11H2,1-2H3. The molecule has 2 heterocycles. The van der Waals surface area contributed by atoms with E-state index in [0.717, 1.165) is 5.56 Å². The molecule has 2 fully saturated rings. The van der Waals surface area contributed by atoms with Gasteiger partial charge in [0.1, 0.15) is 0 Å². The normalized spacial score (nSPS) is 22.1. The minimum absolute atomic E-state index is 0.121. The van der Waals surface area contributed by atoms with Gasteiger partial charge in [-0.1, -0.05) is 17.7 Å². The summed E-state index contributed by atoms with van der Waals surface area (Å²) in [6, 6.07) is 4.75. The molecule has 2 aliphatic heterocycles. The maximum Gasteiger partial charge on any atom is 0.309 e. The second-order valence-electron chi connectivity index (χ2n) is 6.73. The Morgan fingerprint density at radius 2 is 1.96 bits per heavy atom. The second-order valence-corrected chi connectivity index (χ2v) is 7.14. The van der Waals surface area contributed by atoms with Gasteiger partial charge < -0.3 is 4.74 Å². The van der Waals surface area contributed by atoms with E-state index in [2.05, 4.69) is 0 Å². The van der Waals surface area contributed by atoms with Crippen LogP contribution < -0.4 is 4.90 Å². The minimum atomic E-state index is -0.468. The summed E-state index contributed by atoms with van der Waals surface area (Å²) in [5.74, 6) is -0.713. The van der Waals surface area contributed by atoms with Gasteiger partial charge in [-0.25, -0.2) is 4.90 Å². The van der Waals surface area contributed by atoms with Gasteiger partial charge in [-0.05, 0) is 57.5 Å². The van der Waals surface area contributed by atoms with Crippen molar-refractivity contribution >= 4 is 35.1 Å².